The first-order chi connectivity index (χ1) is 23.7. The van der Waals surface area contributed by atoms with Crippen molar-refractivity contribution in [3.8, 4) is 0 Å². The SMILES string of the molecule is FC(F)(F)C(F)(F)C(F)(F)c1c2nc(c(C(F)(F)C(F)(F)C(F)(F)F)c3ccc([nH]3)c3ccc([nH]3)c(C(F)(F)C(F)(F)C(F)(F)F)c3ccc1[nH]3)C=C2. The Morgan fingerprint density at radius 1 is 0.321 bits per heavy atom. The number of alkyl halides is 21. The van der Waals surface area contributed by atoms with Crippen LogP contribution in [0.3, 0.4) is 0 Å². The van der Waals surface area contributed by atoms with E-state index in [-0.39, 0.29) is 36.4 Å². The van der Waals surface area contributed by atoms with E-state index in [0.717, 1.165) is 0 Å². The Morgan fingerprint density at radius 3 is 0.830 bits per heavy atom. The molecular formula is C28H11F21N4. The second-order valence-electron chi connectivity index (χ2n) is 11.1. The first-order valence-corrected chi connectivity index (χ1v) is 13.6. The summed E-state index contributed by atoms with van der Waals surface area (Å²) >= 11 is 0. The smallest absolute Gasteiger partial charge is 0.355 e. The lowest BCUT2D eigenvalue weighted by atomic mass is 9.99. The number of aromatic amines is 3. The zero-order valence-corrected chi connectivity index (χ0v) is 24.5. The van der Waals surface area contributed by atoms with Gasteiger partial charge in [0.05, 0.1) is 61.2 Å². The van der Waals surface area contributed by atoms with Crippen LogP contribution in [0.1, 0.15) is 28.1 Å². The minimum absolute atomic E-state index is 0.0641. The Labute approximate surface area is 276 Å². The fraction of sp³-hybridized carbons (Fsp3) is 0.321. The number of H-pyrrole nitrogens is 3. The Morgan fingerprint density at radius 2 is 0.547 bits per heavy atom. The summed E-state index contributed by atoms with van der Waals surface area (Å²) in [6.45, 7) is 0. The van der Waals surface area contributed by atoms with Crippen LogP contribution in [0.25, 0.3) is 45.3 Å². The van der Waals surface area contributed by atoms with E-state index >= 15 is 26.3 Å². The van der Waals surface area contributed by atoms with Crippen LogP contribution >= 0.6 is 0 Å². The standard InChI is InChI=1S/C28H11F21N4/c29-20(30,23(35,36)26(41,42)43)17-11-3-1-9(50-11)10-2-4-12(51-10)18(21(31,32)24(37,38)27(44,45)46)14-6-8-16(53-14)19(15-7-5-13(17)52-15)22(33,34)25(39,40)28(47,48)49/h1-8,50-52H. The van der Waals surface area contributed by atoms with Gasteiger partial charge in [-0.1, -0.05) is 0 Å². The molecule has 0 radical (unpaired) electrons. The Hall–Kier alpha value is -4.74. The highest BCUT2D eigenvalue weighted by Crippen LogP contribution is 2.57. The highest BCUT2D eigenvalue weighted by molar-refractivity contribution is 5.87. The van der Waals surface area contributed by atoms with E-state index < -0.39 is 115 Å². The summed E-state index contributed by atoms with van der Waals surface area (Å²) in [6.07, 6.45) is -21.7. The quantitative estimate of drug-likeness (QED) is 0.147. The molecule has 1 aliphatic heterocycles. The molecule has 5 heterocycles. The van der Waals surface area contributed by atoms with Crippen molar-refractivity contribution < 1.29 is 92.2 Å². The van der Waals surface area contributed by atoms with Gasteiger partial charge < -0.3 is 15.0 Å². The molecule has 3 N–H and O–H groups in total. The number of halogens is 21. The number of aromatic nitrogens is 4. The molecule has 0 saturated heterocycles. The molecule has 25 heteroatoms. The lowest BCUT2D eigenvalue weighted by molar-refractivity contribution is -0.359. The molecule has 53 heavy (non-hydrogen) atoms. The minimum Gasteiger partial charge on any atom is -0.355 e. The predicted octanol–water partition coefficient (Wildman–Crippen LogP) is 11.6. The van der Waals surface area contributed by atoms with Crippen LogP contribution in [0.4, 0.5) is 92.2 Å². The van der Waals surface area contributed by atoms with Gasteiger partial charge in [0.15, 0.2) is 0 Å². The van der Waals surface area contributed by atoms with Crippen LogP contribution in [0, 0.1) is 0 Å². The summed E-state index contributed by atoms with van der Waals surface area (Å²) in [7, 11) is 0. The predicted molar refractivity (Wildman–Crippen MR) is 140 cm³/mol. The molecule has 4 aromatic rings. The van der Waals surface area contributed by atoms with Gasteiger partial charge in [-0.2, -0.15) is 92.2 Å². The molecule has 0 aliphatic carbocycles. The molecule has 0 spiro atoms. The fourth-order valence-electron chi connectivity index (χ4n) is 5.15. The van der Waals surface area contributed by atoms with Crippen molar-refractivity contribution in [2.45, 2.75) is 54.1 Å². The second kappa shape index (κ2) is 11.4. The first kappa shape index (κ1) is 39.5. The molecule has 290 valence electrons. The molecule has 8 bridgehead atoms. The van der Waals surface area contributed by atoms with Crippen LogP contribution in [0.2, 0.25) is 0 Å². The molecule has 0 unspecified atom stereocenters. The van der Waals surface area contributed by atoms with Crippen molar-refractivity contribution in [1.29, 1.82) is 0 Å². The second-order valence-corrected chi connectivity index (χ2v) is 11.1. The van der Waals surface area contributed by atoms with Gasteiger partial charge in [-0.15, -0.1) is 0 Å². The highest BCUT2D eigenvalue weighted by atomic mass is 19.4. The number of nitrogens with zero attached hydrogens (tertiary/aromatic N) is 1. The first-order valence-electron chi connectivity index (χ1n) is 13.6. The lowest BCUT2D eigenvalue weighted by Gasteiger charge is -2.29. The van der Waals surface area contributed by atoms with Gasteiger partial charge in [0.1, 0.15) is 0 Å². The number of hydrogen-bond donors (Lipinski definition) is 3. The third-order valence-corrected chi connectivity index (χ3v) is 7.77. The normalized spacial score (nSPS) is 15.2. The van der Waals surface area contributed by atoms with Crippen LogP contribution in [-0.4, -0.2) is 56.2 Å². The van der Waals surface area contributed by atoms with Crippen molar-refractivity contribution >= 4 is 45.3 Å². The molecule has 4 aromatic heterocycles. The zero-order valence-electron chi connectivity index (χ0n) is 24.5. The number of fused-ring (bicyclic) bond motifs is 9. The molecule has 0 aromatic carbocycles. The topological polar surface area (TPSA) is 60.3 Å². The third kappa shape index (κ3) is 5.62. The third-order valence-electron chi connectivity index (χ3n) is 7.77. The average Bonchev–Trinajstić information content (AvgIpc) is 3.80. The van der Waals surface area contributed by atoms with Crippen LogP contribution < -0.4 is 0 Å². The van der Waals surface area contributed by atoms with Crippen molar-refractivity contribution in [3.63, 3.8) is 0 Å². The van der Waals surface area contributed by atoms with Gasteiger partial charge in [-0.3, -0.25) is 0 Å². The van der Waals surface area contributed by atoms with Crippen LogP contribution in [-0.2, 0) is 17.8 Å². The lowest BCUT2D eigenvalue weighted by Crippen LogP contribution is -2.50. The van der Waals surface area contributed by atoms with Crippen LogP contribution in [0.5, 0.6) is 0 Å². The van der Waals surface area contributed by atoms with Crippen molar-refractivity contribution in [2.24, 2.45) is 0 Å². The summed E-state index contributed by atoms with van der Waals surface area (Å²) in [5.74, 6) is -41.1. The molecule has 0 fully saturated rings. The maximum absolute atomic E-state index is 15.4. The maximum Gasteiger partial charge on any atom is 0.460 e. The molecule has 0 atom stereocenters. The summed E-state index contributed by atoms with van der Waals surface area (Å²) in [5.41, 5.74) is -20.3. The molecule has 5 rings (SSSR count). The summed E-state index contributed by atoms with van der Waals surface area (Å²) in [6, 6.07) is 1.38. The van der Waals surface area contributed by atoms with E-state index in [1.54, 1.807) is 4.98 Å². The summed E-state index contributed by atoms with van der Waals surface area (Å²) < 4.78 is 298. The van der Waals surface area contributed by atoms with Crippen molar-refractivity contribution in [1.82, 2.24) is 19.9 Å². The zero-order chi connectivity index (χ0) is 40.3. The number of rotatable bonds is 6. The fourth-order valence-corrected chi connectivity index (χ4v) is 5.15. The summed E-state index contributed by atoms with van der Waals surface area (Å²) in [5, 5.41) is 0. The van der Waals surface area contributed by atoms with Gasteiger partial charge in [-0.05, 0) is 48.6 Å². The monoisotopic (exact) mass is 802 g/mol. The Balaban J connectivity index is 2.10. The van der Waals surface area contributed by atoms with Gasteiger partial charge >= 0.3 is 54.1 Å². The molecular weight excluding hydrogens is 791 g/mol. The number of nitrogens with one attached hydrogen (secondary N) is 3. The highest BCUT2D eigenvalue weighted by Gasteiger charge is 2.76. The maximum atomic E-state index is 15.4. The van der Waals surface area contributed by atoms with Crippen molar-refractivity contribution in [3.05, 3.63) is 64.5 Å². The van der Waals surface area contributed by atoms with Gasteiger partial charge in [0.25, 0.3) is 0 Å². The van der Waals surface area contributed by atoms with E-state index in [2.05, 4.69) is 4.98 Å². The average molecular weight is 802 g/mol. The van der Waals surface area contributed by atoms with E-state index in [1.165, 1.54) is 4.98 Å². The van der Waals surface area contributed by atoms with E-state index in [4.69, 9.17) is 0 Å². The molecule has 0 saturated carbocycles. The van der Waals surface area contributed by atoms with E-state index in [9.17, 15) is 65.9 Å². The molecule has 4 nitrogen and oxygen atoms in total. The van der Waals surface area contributed by atoms with Gasteiger partial charge in [-0.25, -0.2) is 4.98 Å². The van der Waals surface area contributed by atoms with Gasteiger partial charge in [0, 0.05) is 0 Å². The minimum atomic E-state index is -7.26. The summed E-state index contributed by atoms with van der Waals surface area (Å²) in [4.78, 5) is 7.84. The Bertz CT molecular complexity index is 2220. The van der Waals surface area contributed by atoms with Crippen molar-refractivity contribution in [2.75, 3.05) is 0 Å². The van der Waals surface area contributed by atoms with E-state index in [0.29, 0.717) is 12.1 Å². The van der Waals surface area contributed by atoms with Gasteiger partial charge in [0.2, 0.25) is 0 Å². The molecule has 1 aliphatic rings. The largest absolute Gasteiger partial charge is 0.460 e. The Kier molecular flexibility index (Phi) is 8.48. The number of hydrogen-bond acceptors (Lipinski definition) is 1. The molecule has 0 amide bonds. The van der Waals surface area contributed by atoms with Crippen LogP contribution in [0.15, 0.2) is 36.4 Å². The van der Waals surface area contributed by atoms with E-state index in [1.807, 2.05) is 4.98 Å².